The van der Waals surface area contributed by atoms with Crippen LogP contribution >= 0.6 is 0 Å². The summed E-state index contributed by atoms with van der Waals surface area (Å²) < 4.78 is 13.0. The average Bonchev–Trinajstić information content (AvgIpc) is 2.46. The Morgan fingerprint density at radius 2 is 2.21 bits per heavy atom. The summed E-state index contributed by atoms with van der Waals surface area (Å²) in [5, 5.41) is 3.51. The number of benzene rings is 1. The van der Waals surface area contributed by atoms with Crippen LogP contribution in [0.2, 0.25) is 0 Å². The minimum absolute atomic E-state index is 0.144. The lowest BCUT2D eigenvalue weighted by molar-refractivity contribution is 0.432. The highest BCUT2D eigenvalue weighted by Gasteiger charge is 2.30. The van der Waals surface area contributed by atoms with Crippen molar-refractivity contribution in [1.82, 2.24) is 5.32 Å². The molecule has 0 aromatic heterocycles. The van der Waals surface area contributed by atoms with Gasteiger partial charge in [0.25, 0.3) is 0 Å². The van der Waals surface area contributed by atoms with Crippen LogP contribution < -0.4 is 5.32 Å². The monoisotopic (exact) mass is 193 g/mol. The van der Waals surface area contributed by atoms with E-state index >= 15 is 0 Å². The molecule has 0 saturated carbocycles. The van der Waals surface area contributed by atoms with Gasteiger partial charge in [-0.2, -0.15) is 0 Å². The molecule has 1 atom stereocenters. The van der Waals surface area contributed by atoms with Gasteiger partial charge in [-0.1, -0.05) is 12.1 Å². The predicted octanol–water partition coefficient (Wildman–Crippen LogP) is 3.03. The SMILES string of the molecule is CC1(C)CC[C@H](c2cccc(F)c2)N1. The highest BCUT2D eigenvalue weighted by atomic mass is 19.1. The van der Waals surface area contributed by atoms with Gasteiger partial charge in [-0.05, 0) is 44.4 Å². The van der Waals surface area contributed by atoms with E-state index in [9.17, 15) is 4.39 Å². The van der Waals surface area contributed by atoms with Crippen LogP contribution in [-0.2, 0) is 0 Å². The maximum atomic E-state index is 13.0. The lowest BCUT2D eigenvalue weighted by atomic mass is 10.0. The number of nitrogens with one attached hydrogen (secondary N) is 1. The number of hydrogen-bond donors (Lipinski definition) is 1. The van der Waals surface area contributed by atoms with Crippen LogP contribution in [0.1, 0.15) is 38.3 Å². The van der Waals surface area contributed by atoms with Crippen molar-refractivity contribution in [2.24, 2.45) is 0 Å². The molecule has 1 N–H and O–H groups in total. The number of halogens is 1. The lowest BCUT2D eigenvalue weighted by Crippen LogP contribution is -2.33. The Morgan fingerprint density at radius 3 is 2.79 bits per heavy atom. The van der Waals surface area contributed by atoms with Crippen LogP contribution in [0.3, 0.4) is 0 Å². The Balaban J connectivity index is 2.17. The third-order valence-electron chi connectivity index (χ3n) is 2.87. The van der Waals surface area contributed by atoms with Crippen molar-refractivity contribution in [3.63, 3.8) is 0 Å². The molecule has 2 heteroatoms. The molecule has 1 fully saturated rings. The van der Waals surface area contributed by atoms with Crippen LogP contribution in [0.5, 0.6) is 0 Å². The summed E-state index contributed by atoms with van der Waals surface area (Å²) in [7, 11) is 0. The molecule has 0 bridgehead atoms. The van der Waals surface area contributed by atoms with Crippen LogP contribution in [0.4, 0.5) is 4.39 Å². The molecule has 14 heavy (non-hydrogen) atoms. The van der Waals surface area contributed by atoms with Crippen molar-refractivity contribution in [3.8, 4) is 0 Å². The third-order valence-corrected chi connectivity index (χ3v) is 2.87. The average molecular weight is 193 g/mol. The van der Waals surface area contributed by atoms with Crippen LogP contribution in [0.25, 0.3) is 0 Å². The summed E-state index contributed by atoms with van der Waals surface area (Å²) in [6.45, 7) is 4.37. The standard InChI is InChI=1S/C12H16FN/c1-12(2)7-6-11(14-12)9-4-3-5-10(13)8-9/h3-5,8,11,14H,6-7H2,1-2H3/t11-/m1/s1. The summed E-state index contributed by atoms with van der Waals surface area (Å²) in [6.07, 6.45) is 2.24. The van der Waals surface area contributed by atoms with Gasteiger partial charge in [-0.25, -0.2) is 4.39 Å². The largest absolute Gasteiger partial charge is 0.305 e. The molecule has 0 amide bonds. The molecule has 76 valence electrons. The van der Waals surface area contributed by atoms with Gasteiger partial charge in [0, 0.05) is 11.6 Å². The molecule has 1 aromatic carbocycles. The molecule has 1 aliphatic heterocycles. The van der Waals surface area contributed by atoms with Gasteiger partial charge in [-0.15, -0.1) is 0 Å². The van der Waals surface area contributed by atoms with E-state index in [1.165, 1.54) is 6.07 Å². The fraction of sp³-hybridized carbons (Fsp3) is 0.500. The van der Waals surface area contributed by atoms with E-state index in [1.807, 2.05) is 6.07 Å². The fourth-order valence-electron chi connectivity index (χ4n) is 2.09. The Morgan fingerprint density at radius 1 is 1.43 bits per heavy atom. The molecule has 1 aliphatic rings. The highest BCUT2D eigenvalue weighted by molar-refractivity contribution is 5.22. The van der Waals surface area contributed by atoms with Crippen LogP contribution in [-0.4, -0.2) is 5.54 Å². The summed E-state index contributed by atoms with van der Waals surface area (Å²) in [5.41, 5.74) is 1.26. The first kappa shape index (κ1) is 9.66. The summed E-state index contributed by atoms with van der Waals surface area (Å²) in [6, 6.07) is 7.20. The van der Waals surface area contributed by atoms with Crippen molar-refractivity contribution in [2.75, 3.05) is 0 Å². The van der Waals surface area contributed by atoms with E-state index in [1.54, 1.807) is 12.1 Å². The molecule has 0 spiro atoms. The molecule has 0 unspecified atom stereocenters. The van der Waals surface area contributed by atoms with Gasteiger partial charge in [0.05, 0.1) is 0 Å². The quantitative estimate of drug-likeness (QED) is 0.723. The van der Waals surface area contributed by atoms with Crippen molar-refractivity contribution in [2.45, 2.75) is 38.3 Å². The van der Waals surface area contributed by atoms with E-state index in [2.05, 4.69) is 19.2 Å². The molecule has 2 rings (SSSR count). The second-order valence-corrected chi connectivity index (χ2v) is 4.67. The summed E-state index contributed by atoms with van der Waals surface area (Å²) in [5.74, 6) is -0.144. The summed E-state index contributed by atoms with van der Waals surface area (Å²) in [4.78, 5) is 0. The molecule has 1 aromatic rings. The van der Waals surface area contributed by atoms with Gasteiger partial charge in [0.2, 0.25) is 0 Å². The minimum atomic E-state index is -0.144. The molecule has 1 heterocycles. The normalized spacial score (nSPS) is 25.2. The Hall–Kier alpha value is -0.890. The second-order valence-electron chi connectivity index (χ2n) is 4.67. The first-order valence-electron chi connectivity index (χ1n) is 5.10. The second kappa shape index (κ2) is 3.35. The van der Waals surface area contributed by atoms with Gasteiger partial charge < -0.3 is 5.32 Å². The van der Waals surface area contributed by atoms with Crippen molar-refractivity contribution < 1.29 is 4.39 Å². The Kier molecular flexibility index (Phi) is 2.31. The van der Waals surface area contributed by atoms with E-state index in [4.69, 9.17) is 0 Å². The van der Waals surface area contributed by atoms with E-state index in [0.29, 0.717) is 6.04 Å². The van der Waals surface area contributed by atoms with Crippen molar-refractivity contribution in [3.05, 3.63) is 35.6 Å². The summed E-state index contributed by atoms with van der Waals surface area (Å²) >= 11 is 0. The zero-order valence-corrected chi connectivity index (χ0v) is 8.68. The molecular weight excluding hydrogens is 177 g/mol. The molecule has 1 nitrogen and oxygen atoms in total. The van der Waals surface area contributed by atoms with Gasteiger partial charge in [0.15, 0.2) is 0 Å². The zero-order chi connectivity index (χ0) is 10.2. The van der Waals surface area contributed by atoms with Gasteiger partial charge >= 0.3 is 0 Å². The molecular formula is C12H16FN. The van der Waals surface area contributed by atoms with Crippen molar-refractivity contribution >= 4 is 0 Å². The lowest BCUT2D eigenvalue weighted by Gasteiger charge is -2.20. The maximum absolute atomic E-state index is 13.0. The minimum Gasteiger partial charge on any atom is -0.305 e. The van der Waals surface area contributed by atoms with Crippen LogP contribution in [0, 0.1) is 5.82 Å². The Bertz CT molecular complexity index is 333. The zero-order valence-electron chi connectivity index (χ0n) is 8.68. The molecule has 0 radical (unpaired) electrons. The smallest absolute Gasteiger partial charge is 0.123 e. The Labute approximate surface area is 84.3 Å². The van der Waals surface area contributed by atoms with Gasteiger partial charge in [0.1, 0.15) is 5.82 Å². The van der Waals surface area contributed by atoms with Crippen LogP contribution in [0.15, 0.2) is 24.3 Å². The number of hydrogen-bond acceptors (Lipinski definition) is 1. The van der Waals surface area contributed by atoms with Gasteiger partial charge in [-0.3, -0.25) is 0 Å². The molecule has 1 saturated heterocycles. The topological polar surface area (TPSA) is 12.0 Å². The van der Waals surface area contributed by atoms with E-state index in [0.717, 1.165) is 18.4 Å². The maximum Gasteiger partial charge on any atom is 0.123 e. The van der Waals surface area contributed by atoms with Crippen molar-refractivity contribution in [1.29, 1.82) is 0 Å². The number of rotatable bonds is 1. The highest BCUT2D eigenvalue weighted by Crippen LogP contribution is 2.32. The van der Waals surface area contributed by atoms with E-state index in [-0.39, 0.29) is 11.4 Å². The first-order valence-corrected chi connectivity index (χ1v) is 5.10. The third kappa shape index (κ3) is 1.95. The fourth-order valence-corrected chi connectivity index (χ4v) is 2.09. The first-order chi connectivity index (χ1) is 6.57. The molecule has 0 aliphatic carbocycles. The van der Waals surface area contributed by atoms with E-state index < -0.39 is 0 Å². The predicted molar refractivity (Wildman–Crippen MR) is 55.6 cm³/mol.